The van der Waals surface area contributed by atoms with Crippen molar-refractivity contribution in [3.63, 3.8) is 0 Å². The molecule has 18 aromatic rings. The van der Waals surface area contributed by atoms with Gasteiger partial charge in [0.1, 0.15) is 0 Å². The number of rotatable bonds is 11. The van der Waals surface area contributed by atoms with E-state index < -0.39 is 0 Å². The van der Waals surface area contributed by atoms with Crippen molar-refractivity contribution in [3.05, 3.63) is 346 Å². The number of hydrogen-bond donors (Lipinski definition) is 0. The molecule has 0 saturated carbocycles. The van der Waals surface area contributed by atoms with Gasteiger partial charge in [-0.05, 0) is 151 Å². The van der Waals surface area contributed by atoms with E-state index in [2.05, 4.69) is 315 Å². The molecule has 5 nitrogen and oxygen atoms in total. The van der Waals surface area contributed by atoms with Gasteiger partial charge in [0.05, 0.1) is 11.4 Å². The predicted molar refractivity (Wildman–Crippen MR) is 400 cm³/mol. The van der Waals surface area contributed by atoms with Crippen LogP contribution in [0, 0.1) is 0 Å². The van der Waals surface area contributed by atoms with E-state index in [0.717, 1.165) is 100 Å². The summed E-state index contributed by atoms with van der Waals surface area (Å²) in [7, 11) is 0. The Bertz CT molecular complexity index is 5970. The lowest BCUT2D eigenvalue weighted by Gasteiger charge is -2.17. The van der Waals surface area contributed by atoms with E-state index in [1.165, 1.54) is 64.6 Å². The van der Waals surface area contributed by atoms with E-state index in [1.807, 2.05) is 30.3 Å². The number of fused-ring (bicyclic) bond motifs is 12. The fraction of sp³-hybridized carbons (Fsp3) is 0. The third kappa shape index (κ3) is 9.93. The van der Waals surface area contributed by atoms with Crippen molar-refractivity contribution < 1.29 is 0 Å². The summed E-state index contributed by atoms with van der Waals surface area (Å²) < 4.78 is 0. The molecule has 2 heterocycles. The summed E-state index contributed by atoms with van der Waals surface area (Å²) in [6.07, 6.45) is 0. The van der Waals surface area contributed by atoms with E-state index in [1.54, 1.807) is 0 Å². The van der Waals surface area contributed by atoms with Gasteiger partial charge >= 0.3 is 0 Å². The molecule has 18 rings (SSSR count). The fourth-order valence-corrected chi connectivity index (χ4v) is 14.4. The van der Waals surface area contributed by atoms with E-state index in [0.29, 0.717) is 23.3 Å². The van der Waals surface area contributed by atoms with Crippen molar-refractivity contribution in [2.45, 2.75) is 0 Å². The Hall–Kier alpha value is -12.8. The van der Waals surface area contributed by atoms with E-state index in [9.17, 15) is 0 Å². The van der Waals surface area contributed by atoms with Crippen LogP contribution in [0.5, 0.6) is 0 Å². The van der Waals surface area contributed by atoms with Crippen molar-refractivity contribution in [2.24, 2.45) is 0 Å². The monoisotopic (exact) mass is 1220 g/mol. The molecule has 0 aliphatic rings. The Balaban J connectivity index is 0.716. The molecule has 0 fully saturated rings. The quantitative estimate of drug-likeness (QED) is 0.121. The lowest BCUT2D eigenvalue weighted by Crippen LogP contribution is -2.01. The molecular weight excluding hydrogens is 1160 g/mol. The maximum Gasteiger partial charge on any atom is 0.164 e. The van der Waals surface area contributed by atoms with Crippen molar-refractivity contribution in [2.75, 3.05) is 0 Å². The Morgan fingerprint density at radius 1 is 0.125 bits per heavy atom. The maximum atomic E-state index is 5.42. The van der Waals surface area contributed by atoms with Crippen LogP contribution >= 0.6 is 0 Å². The van der Waals surface area contributed by atoms with Crippen LogP contribution in [0.15, 0.2) is 346 Å². The van der Waals surface area contributed by atoms with Crippen molar-refractivity contribution in [3.8, 4) is 124 Å². The zero-order valence-electron chi connectivity index (χ0n) is 52.1. The second-order valence-electron chi connectivity index (χ2n) is 24.5. The summed E-state index contributed by atoms with van der Waals surface area (Å²) >= 11 is 0. The van der Waals surface area contributed by atoms with E-state index >= 15 is 0 Å². The van der Waals surface area contributed by atoms with Gasteiger partial charge in [-0.2, -0.15) is 0 Å². The van der Waals surface area contributed by atoms with Gasteiger partial charge in [-0.3, -0.25) is 0 Å². The molecule has 0 atom stereocenters. The normalized spacial score (nSPS) is 11.5. The summed E-state index contributed by atoms with van der Waals surface area (Å²) in [5, 5.41) is 14.6. The minimum absolute atomic E-state index is 0.596. The minimum Gasteiger partial charge on any atom is -0.228 e. The molecule has 0 unspecified atom stereocenters. The van der Waals surface area contributed by atoms with E-state index in [4.69, 9.17) is 24.9 Å². The van der Waals surface area contributed by atoms with Crippen LogP contribution in [0.2, 0.25) is 0 Å². The van der Waals surface area contributed by atoms with Gasteiger partial charge in [-0.1, -0.05) is 315 Å². The van der Waals surface area contributed by atoms with Gasteiger partial charge < -0.3 is 0 Å². The van der Waals surface area contributed by atoms with E-state index in [-0.39, 0.29) is 0 Å². The molecule has 0 spiro atoms. The first kappa shape index (κ1) is 56.0. The third-order valence-electron chi connectivity index (χ3n) is 19.0. The zero-order valence-corrected chi connectivity index (χ0v) is 52.1. The average molecular weight is 1220 g/mol. The highest BCUT2D eigenvalue weighted by Gasteiger charge is 2.22. The number of benzene rings is 16. The smallest absolute Gasteiger partial charge is 0.164 e. The topological polar surface area (TPSA) is 64.5 Å². The summed E-state index contributed by atoms with van der Waals surface area (Å²) in [4.78, 5) is 26.6. The van der Waals surface area contributed by atoms with Gasteiger partial charge in [0, 0.05) is 33.4 Å². The second kappa shape index (κ2) is 23.7. The fourth-order valence-electron chi connectivity index (χ4n) is 14.4. The Morgan fingerprint density at radius 2 is 0.396 bits per heavy atom. The molecule has 0 radical (unpaired) electrons. The molecule has 96 heavy (non-hydrogen) atoms. The predicted octanol–water partition coefficient (Wildman–Crippen LogP) is 23.9. The molecular formula is C91H57N5. The summed E-state index contributed by atoms with van der Waals surface area (Å²) in [6.45, 7) is 0. The molecule has 0 amide bonds. The average Bonchev–Trinajstić information content (AvgIpc) is 0.747. The first-order valence-electron chi connectivity index (χ1n) is 32.6. The van der Waals surface area contributed by atoms with Crippen LogP contribution in [-0.2, 0) is 0 Å². The van der Waals surface area contributed by atoms with Crippen LogP contribution in [0.3, 0.4) is 0 Å². The lowest BCUT2D eigenvalue weighted by molar-refractivity contribution is 1.07. The number of nitrogens with zero attached hydrogens (tertiary/aromatic N) is 5. The molecule has 16 aromatic carbocycles. The van der Waals surface area contributed by atoms with Crippen LogP contribution < -0.4 is 0 Å². The summed E-state index contributed by atoms with van der Waals surface area (Å²) in [6, 6.07) is 123. The van der Waals surface area contributed by atoms with Gasteiger partial charge in [0.2, 0.25) is 0 Å². The van der Waals surface area contributed by atoms with Gasteiger partial charge in [-0.25, -0.2) is 24.9 Å². The minimum atomic E-state index is 0.596. The molecule has 0 aliphatic heterocycles. The Kier molecular flexibility index (Phi) is 13.8. The number of aromatic nitrogens is 5. The highest BCUT2D eigenvalue weighted by molar-refractivity contribution is 6.27. The van der Waals surface area contributed by atoms with Crippen molar-refractivity contribution >= 4 is 64.6 Å². The second-order valence-corrected chi connectivity index (χ2v) is 24.5. The van der Waals surface area contributed by atoms with Crippen LogP contribution in [0.4, 0.5) is 0 Å². The van der Waals surface area contributed by atoms with Crippen molar-refractivity contribution in [1.82, 2.24) is 24.9 Å². The van der Waals surface area contributed by atoms with Crippen LogP contribution in [-0.4, -0.2) is 24.9 Å². The highest BCUT2D eigenvalue weighted by Crippen LogP contribution is 2.45. The van der Waals surface area contributed by atoms with Gasteiger partial charge in [0.25, 0.3) is 0 Å². The molecule has 5 heteroatoms. The summed E-state index contributed by atoms with van der Waals surface area (Å²) in [5.74, 6) is 2.48. The molecule has 0 saturated heterocycles. The first-order chi connectivity index (χ1) is 47.6. The zero-order chi connectivity index (χ0) is 63.5. The Labute approximate surface area is 555 Å². The Morgan fingerprint density at radius 3 is 0.833 bits per heavy atom. The largest absolute Gasteiger partial charge is 0.228 e. The third-order valence-corrected chi connectivity index (χ3v) is 19.0. The first-order valence-corrected chi connectivity index (χ1v) is 32.6. The molecule has 0 bridgehead atoms. The van der Waals surface area contributed by atoms with Crippen LogP contribution in [0.25, 0.3) is 188 Å². The molecule has 0 aliphatic carbocycles. The molecule has 0 N–H and O–H groups in total. The molecule has 446 valence electrons. The lowest BCUT2D eigenvalue weighted by atomic mass is 9.88. The SMILES string of the molecule is c1ccc(-c2cc(-c3ccccc3)nc(-c3ccccc3-c3ccccc3-c3ccc4c5ccc(-c6cccc(-c7nc(-c8ccccc8)nc(-c8ccccc8-c8ccccc8-c8ccc9c%10ccccc%10c%10ccccc%10c9c8)n7)c6)cc5c5ccccc5c4c3)n2)cc1. The summed E-state index contributed by atoms with van der Waals surface area (Å²) in [5.41, 5.74) is 18.5. The van der Waals surface area contributed by atoms with Crippen molar-refractivity contribution in [1.29, 1.82) is 0 Å². The van der Waals surface area contributed by atoms with Gasteiger partial charge in [0.15, 0.2) is 23.3 Å². The number of hydrogen-bond acceptors (Lipinski definition) is 5. The maximum absolute atomic E-state index is 5.42. The standard InChI is InChI=1S/C91H57N5/c1-4-25-58(26-5-1)86-57-87(59-27-6-2-7-28-59)93-90(92-86)81-45-22-20-40-73(81)68-35-12-10-33-66(68)64-49-52-80-79-50-47-62(54-83(79)76-43-18-19-44-77(76)85(80)56-64)61-31-24-32-65(53-61)89-94-88(60-29-8-3-9-30-60)95-91(96-89)82-46-23-21-41-74(82)69-36-13-11-34-67(69)63-48-51-78-72-39-15-14-37-70(72)71-38-16-17-42-75(71)84(78)55-63/h1-57H. The highest BCUT2D eigenvalue weighted by atomic mass is 15.0. The molecule has 2 aromatic heterocycles. The van der Waals surface area contributed by atoms with Gasteiger partial charge in [-0.15, -0.1) is 0 Å². The van der Waals surface area contributed by atoms with Crippen LogP contribution in [0.1, 0.15) is 0 Å².